The highest BCUT2D eigenvalue weighted by atomic mass is 28.3. The van der Waals surface area contributed by atoms with Gasteiger partial charge >= 0.3 is 11.9 Å². The average Bonchev–Trinajstić information content (AvgIpc) is 2.99. The Morgan fingerprint density at radius 1 is 0.808 bits per heavy atom. The highest BCUT2D eigenvalue weighted by molar-refractivity contribution is 6.86. The lowest BCUT2D eigenvalue weighted by atomic mass is 10.1. The number of ether oxygens (including phenoxy) is 3. The number of hydrogen-bond acceptors (Lipinski definition) is 4. The van der Waals surface area contributed by atoms with Crippen LogP contribution in [0.3, 0.4) is 0 Å². The zero-order chi connectivity index (χ0) is 18.9. The molecule has 4 nitrogen and oxygen atoms in total. The quantitative estimate of drug-likeness (QED) is 0.523. The van der Waals surface area contributed by atoms with Crippen LogP contribution in [0, 0.1) is 0 Å². The van der Waals surface area contributed by atoms with Gasteiger partial charge in [0.15, 0.2) is 11.5 Å². The van der Waals surface area contributed by atoms with Crippen molar-refractivity contribution in [2.75, 3.05) is 0 Å². The molecule has 0 N–H and O–H groups in total. The minimum absolute atomic E-state index is 0.0373. The lowest BCUT2D eigenvalue weighted by Crippen LogP contribution is -2.52. The van der Waals surface area contributed by atoms with E-state index < -0.39 is 22.1 Å². The highest BCUT2D eigenvalue weighted by Gasteiger charge is 2.69. The molecule has 0 amide bonds. The first-order valence-electron chi connectivity index (χ1n) is 9.15. The van der Waals surface area contributed by atoms with Crippen LogP contribution in [0.2, 0.25) is 50.4 Å². The molecule has 2 aliphatic rings. The molecule has 2 aromatic rings. The lowest BCUT2D eigenvalue weighted by Gasteiger charge is -2.38. The summed E-state index contributed by atoms with van der Waals surface area (Å²) < 4.78 is 18.5. The molecule has 0 bridgehead atoms. The van der Waals surface area contributed by atoms with Crippen molar-refractivity contribution >= 4 is 32.9 Å². The average molecular weight is 387 g/mol. The number of carbonyl (C=O) groups excluding carboxylic acids is 1. The summed E-state index contributed by atoms with van der Waals surface area (Å²) in [4.78, 5) is 12.9. The maximum absolute atomic E-state index is 12.9. The molecule has 0 unspecified atom stereocenters. The van der Waals surface area contributed by atoms with Crippen LogP contribution < -0.4 is 9.47 Å². The van der Waals surface area contributed by atoms with E-state index in [0.29, 0.717) is 11.5 Å². The maximum atomic E-state index is 12.9. The topological polar surface area (TPSA) is 44.8 Å². The molecule has 26 heavy (non-hydrogen) atoms. The Hall–Kier alpha value is -1.80. The van der Waals surface area contributed by atoms with Gasteiger partial charge in [-0.3, -0.25) is 4.79 Å². The van der Waals surface area contributed by atoms with E-state index in [9.17, 15) is 4.79 Å². The van der Waals surface area contributed by atoms with Crippen LogP contribution in [0.4, 0.5) is 0 Å². The van der Waals surface area contributed by atoms with Gasteiger partial charge in [0.05, 0.1) is 27.2 Å². The summed E-state index contributed by atoms with van der Waals surface area (Å²) in [6.07, 6.45) is 0. The Labute approximate surface area is 156 Å². The largest absolute Gasteiger partial charge is 0.420 e. The second kappa shape index (κ2) is 5.36. The standard InChI is InChI=1S/C20H26O4Si2/c1-25(2,3)17-18(26(4,5)6)20(24-19(17)21)22-15-11-13-9-7-8-10-14(13)12-16(15)23-20/h7-12,17-18H,1-6H3/t17-,18-/m1/s1. The predicted molar refractivity (Wildman–Crippen MR) is 108 cm³/mol. The van der Waals surface area contributed by atoms with E-state index in [1.165, 1.54) is 0 Å². The van der Waals surface area contributed by atoms with Crippen molar-refractivity contribution in [2.24, 2.45) is 0 Å². The number of esters is 1. The van der Waals surface area contributed by atoms with E-state index in [2.05, 4.69) is 39.3 Å². The van der Waals surface area contributed by atoms with E-state index in [1.807, 2.05) is 36.4 Å². The molecule has 138 valence electrons. The number of rotatable bonds is 2. The minimum Gasteiger partial charge on any atom is -0.417 e. The first kappa shape index (κ1) is 17.6. The second-order valence-corrected chi connectivity index (χ2v) is 20.3. The Morgan fingerprint density at radius 2 is 1.31 bits per heavy atom. The Balaban J connectivity index is 1.82. The first-order chi connectivity index (χ1) is 12.0. The van der Waals surface area contributed by atoms with Gasteiger partial charge in [-0.1, -0.05) is 63.5 Å². The molecular weight excluding hydrogens is 360 g/mol. The monoisotopic (exact) mass is 386 g/mol. The zero-order valence-corrected chi connectivity index (χ0v) is 18.3. The van der Waals surface area contributed by atoms with Crippen molar-refractivity contribution in [2.45, 2.75) is 56.3 Å². The summed E-state index contributed by atoms with van der Waals surface area (Å²) in [5.41, 5.74) is -0.150. The normalized spacial score (nSPS) is 24.3. The van der Waals surface area contributed by atoms with E-state index >= 15 is 0 Å². The van der Waals surface area contributed by atoms with E-state index in [1.54, 1.807) is 0 Å². The summed E-state index contributed by atoms with van der Waals surface area (Å²) in [5.74, 6) is -0.132. The molecule has 4 rings (SSSR count). The number of hydrogen-bond donors (Lipinski definition) is 0. The van der Waals surface area contributed by atoms with E-state index in [4.69, 9.17) is 14.2 Å². The van der Waals surface area contributed by atoms with Gasteiger partial charge in [0.1, 0.15) is 0 Å². The smallest absolute Gasteiger partial charge is 0.417 e. The van der Waals surface area contributed by atoms with Gasteiger partial charge in [-0.05, 0) is 22.9 Å². The molecule has 1 fully saturated rings. The molecule has 2 heterocycles. The molecular formula is C20H26O4Si2. The molecule has 0 aromatic heterocycles. The van der Waals surface area contributed by atoms with Crippen LogP contribution in [0.25, 0.3) is 10.8 Å². The lowest BCUT2D eigenvalue weighted by molar-refractivity contribution is -0.247. The van der Waals surface area contributed by atoms with Crippen molar-refractivity contribution < 1.29 is 19.0 Å². The summed E-state index contributed by atoms with van der Waals surface area (Å²) in [5, 5.41) is 2.17. The first-order valence-corrected chi connectivity index (χ1v) is 16.3. The summed E-state index contributed by atoms with van der Waals surface area (Å²) in [6, 6.07) is 12.1. The number of benzene rings is 2. The third-order valence-electron chi connectivity index (χ3n) is 5.39. The number of carbonyl (C=O) groups is 1. The summed E-state index contributed by atoms with van der Waals surface area (Å²) in [6.45, 7) is 13.5. The van der Waals surface area contributed by atoms with Gasteiger partial charge in [0.25, 0.3) is 0 Å². The van der Waals surface area contributed by atoms with Gasteiger partial charge < -0.3 is 14.2 Å². The molecule has 1 spiro atoms. The van der Waals surface area contributed by atoms with Crippen molar-refractivity contribution in [3.05, 3.63) is 36.4 Å². The highest BCUT2D eigenvalue weighted by Crippen LogP contribution is 2.59. The van der Waals surface area contributed by atoms with Crippen LogP contribution in [0.1, 0.15) is 0 Å². The van der Waals surface area contributed by atoms with Crippen LogP contribution >= 0.6 is 0 Å². The molecule has 0 saturated carbocycles. The summed E-state index contributed by atoms with van der Waals surface area (Å²) >= 11 is 0. The molecule has 2 aromatic carbocycles. The van der Waals surface area contributed by atoms with Crippen molar-refractivity contribution in [1.29, 1.82) is 0 Å². The van der Waals surface area contributed by atoms with Crippen LogP contribution in [0.15, 0.2) is 36.4 Å². The van der Waals surface area contributed by atoms with Crippen molar-refractivity contribution in [3.63, 3.8) is 0 Å². The Kier molecular flexibility index (Phi) is 3.63. The van der Waals surface area contributed by atoms with Crippen molar-refractivity contribution in [3.8, 4) is 11.5 Å². The minimum atomic E-state index is -1.84. The third kappa shape index (κ3) is 2.58. The third-order valence-corrected chi connectivity index (χ3v) is 10.7. The van der Waals surface area contributed by atoms with Gasteiger partial charge in [-0.25, -0.2) is 0 Å². The number of fused-ring (bicyclic) bond motifs is 2. The molecule has 1 saturated heterocycles. The molecule has 0 aliphatic carbocycles. The van der Waals surface area contributed by atoms with Gasteiger partial charge in [0, 0.05) is 0 Å². The second-order valence-electron chi connectivity index (χ2n) is 9.56. The van der Waals surface area contributed by atoms with Crippen LogP contribution in [-0.4, -0.2) is 28.1 Å². The molecule has 6 heteroatoms. The molecule has 0 radical (unpaired) electrons. The molecule has 2 aliphatic heterocycles. The van der Waals surface area contributed by atoms with E-state index in [0.717, 1.165) is 10.8 Å². The van der Waals surface area contributed by atoms with Crippen LogP contribution in [0.5, 0.6) is 11.5 Å². The Morgan fingerprint density at radius 3 is 1.73 bits per heavy atom. The van der Waals surface area contributed by atoms with Crippen molar-refractivity contribution in [1.82, 2.24) is 0 Å². The van der Waals surface area contributed by atoms with Gasteiger partial charge in [-0.15, -0.1) is 0 Å². The van der Waals surface area contributed by atoms with Gasteiger partial charge in [-0.2, -0.15) is 0 Å². The Bertz CT molecular complexity index is 850. The fraction of sp³-hybridized carbons (Fsp3) is 0.450. The van der Waals surface area contributed by atoms with Crippen LogP contribution in [-0.2, 0) is 9.53 Å². The fourth-order valence-corrected chi connectivity index (χ4v) is 11.7. The van der Waals surface area contributed by atoms with Gasteiger partial charge in [0.2, 0.25) is 0 Å². The SMILES string of the molecule is C[Si](C)(C)[C@@H]1[C@@H]([Si](C)(C)C)C(=O)OC12Oc1cc3ccccc3cc1O2. The predicted octanol–water partition coefficient (Wildman–Crippen LogP) is 5.24. The zero-order valence-electron chi connectivity index (χ0n) is 16.3. The summed E-state index contributed by atoms with van der Waals surface area (Å²) in [7, 11) is -3.64. The van der Waals surface area contributed by atoms with E-state index in [-0.39, 0.29) is 17.1 Å². The molecule has 2 atom stereocenters. The fourth-order valence-electron chi connectivity index (χ4n) is 4.35. The maximum Gasteiger partial charge on any atom is 0.420 e.